The molecule has 202 valence electrons. The Kier molecular flexibility index (Phi) is 8.10. The summed E-state index contributed by atoms with van der Waals surface area (Å²) < 4.78 is 3.63. The summed E-state index contributed by atoms with van der Waals surface area (Å²) >= 11 is 0. The molecule has 0 radical (unpaired) electrons. The fourth-order valence-corrected chi connectivity index (χ4v) is 4.56. The molecule has 1 aromatic heterocycles. The summed E-state index contributed by atoms with van der Waals surface area (Å²) in [6.45, 7) is 2.04. The first-order valence-electron chi connectivity index (χ1n) is 12.7. The minimum atomic E-state index is 0. The van der Waals surface area contributed by atoms with Crippen LogP contribution in [-0.2, 0) is 21.1 Å². The van der Waals surface area contributed by atoms with Crippen molar-refractivity contribution in [2.45, 2.75) is 6.92 Å². The second kappa shape index (κ2) is 12.0. The molecule has 0 aliphatic carbocycles. The third-order valence-corrected chi connectivity index (χ3v) is 6.55. The van der Waals surface area contributed by atoms with Crippen molar-refractivity contribution >= 4 is 34.4 Å². The van der Waals surface area contributed by atoms with E-state index >= 15 is 0 Å². The van der Waals surface area contributed by atoms with Gasteiger partial charge in [-0.2, -0.15) is 29.1 Å². The van der Waals surface area contributed by atoms with Crippen LogP contribution in [0.5, 0.6) is 5.75 Å². The summed E-state index contributed by atoms with van der Waals surface area (Å²) in [6, 6.07) is 41.8. The average Bonchev–Trinajstić information content (AvgIpc) is 3.37. The van der Waals surface area contributed by atoms with Gasteiger partial charge in [0.05, 0.1) is 17.1 Å². The number of nitriles is 1. The summed E-state index contributed by atoms with van der Waals surface area (Å²) in [4.78, 5) is 6.49. The van der Waals surface area contributed by atoms with Crippen molar-refractivity contribution in [1.29, 1.82) is 5.26 Å². The molecule has 1 heterocycles. The van der Waals surface area contributed by atoms with E-state index in [1.165, 1.54) is 0 Å². The quantitative estimate of drug-likeness (QED) is 0.0683. The average molecular weight is 713 g/mol. The maximum absolute atomic E-state index is 10.6. The van der Waals surface area contributed by atoms with Crippen molar-refractivity contribution in [1.82, 2.24) is 4.57 Å². The number of aryl methyl sites for hydroxylation is 1. The molecule has 6 nitrogen and oxygen atoms in total. The Morgan fingerprint density at radius 1 is 0.902 bits per heavy atom. The molecule has 0 fully saturated rings. The van der Waals surface area contributed by atoms with Crippen LogP contribution in [0.4, 0.5) is 17.1 Å². The van der Waals surface area contributed by atoms with Crippen molar-refractivity contribution in [2.24, 2.45) is 4.99 Å². The van der Waals surface area contributed by atoms with Gasteiger partial charge in [-0.25, -0.2) is 6.07 Å². The number of benzene rings is 5. The molecule has 0 bridgehead atoms. The van der Waals surface area contributed by atoms with Crippen LogP contribution in [-0.4, -0.2) is 16.0 Å². The number of fused-ring (bicyclic) bond motifs is 1. The normalized spacial score (nSPS) is 10.8. The zero-order valence-electron chi connectivity index (χ0n) is 22.0. The van der Waals surface area contributed by atoms with Crippen LogP contribution >= 0.6 is 0 Å². The number of anilines is 2. The fraction of sp³-hybridized carbons (Fsp3) is 0.0294. The Balaban J connectivity index is 0.00000337. The standard InChI is InChI=1S/C34H23N5O.Pt/c1-25-10-5-6-15-30(25)37(23-36-27-11-3-2-4-12-27)28-13-9-14-29(21-28)38-24-39(32-16-7-8-17-34(32)40)31-19-18-26(22-35)20-33(31)38;/h2-20,40H,1H3;/q-2;. The van der Waals surface area contributed by atoms with Crippen LogP contribution in [0, 0.1) is 30.6 Å². The Bertz CT molecular complexity index is 1910. The van der Waals surface area contributed by atoms with E-state index in [4.69, 9.17) is 0 Å². The number of aromatic nitrogens is 2. The zero-order valence-corrected chi connectivity index (χ0v) is 24.2. The maximum atomic E-state index is 10.6. The van der Waals surface area contributed by atoms with Gasteiger partial charge in [0.25, 0.3) is 6.33 Å². The summed E-state index contributed by atoms with van der Waals surface area (Å²) in [5, 5.41) is 20.2. The number of para-hydroxylation sites is 4. The first-order chi connectivity index (χ1) is 19.6. The molecule has 5 aromatic carbocycles. The molecule has 0 spiro atoms. The second-order valence-corrected chi connectivity index (χ2v) is 9.17. The van der Waals surface area contributed by atoms with Crippen LogP contribution in [0.25, 0.3) is 22.4 Å². The van der Waals surface area contributed by atoms with Gasteiger partial charge in [0, 0.05) is 33.0 Å². The van der Waals surface area contributed by atoms with Crippen molar-refractivity contribution in [3.8, 4) is 23.2 Å². The van der Waals surface area contributed by atoms with Gasteiger partial charge in [0.15, 0.2) is 0 Å². The van der Waals surface area contributed by atoms with Gasteiger partial charge < -0.3 is 19.6 Å². The van der Waals surface area contributed by atoms with E-state index in [2.05, 4.69) is 29.8 Å². The second-order valence-electron chi connectivity index (χ2n) is 9.17. The van der Waals surface area contributed by atoms with E-state index in [1.54, 1.807) is 22.8 Å². The van der Waals surface area contributed by atoms with E-state index in [0.29, 0.717) is 16.9 Å². The van der Waals surface area contributed by atoms with Gasteiger partial charge in [0.1, 0.15) is 11.4 Å². The van der Waals surface area contributed by atoms with E-state index < -0.39 is 0 Å². The fourth-order valence-electron chi connectivity index (χ4n) is 4.56. The van der Waals surface area contributed by atoms with Gasteiger partial charge in [-0.1, -0.05) is 84.0 Å². The Labute approximate surface area is 253 Å². The number of phenols is 1. The number of rotatable bonds is 6. The van der Waals surface area contributed by atoms with Crippen molar-refractivity contribution < 1.29 is 30.7 Å². The van der Waals surface area contributed by atoms with Gasteiger partial charge >= 0.3 is 0 Å². The minimum Gasteiger partial charge on any atom is -0.511 e. The molecule has 0 aliphatic heterocycles. The Morgan fingerprint density at radius 2 is 1.66 bits per heavy atom. The van der Waals surface area contributed by atoms with Crippen molar-refractivity contribution in [2.75, 3.05) is 4.90 Å². The molecule has 6 rings (SSSR count). The van der Waals surface area contributed by atoms with Crippen LogP contribution in [0.15, 0.2) is 120 Å². The molecule has 0 amide bonds. The number of nitrogens with zero attached hydrogens (tertiary/aromatic N) is 5. The van der Waals surface area contributed by atoms with Crippen LogP contribution < -0.4 is 9.47 Å². The molecular weight excluding hydrogens is 689 g/mol. The number of hydrogen-bond donors (Lipinski definition) is 1. The van der Waals surface area contributed by atoms with Gasteiger partial charge in [-0.15, -0.1) is 0 Å². The zero-order chi connectivity index (χ0) is 27.5. The van der Waals surface area contributed by atoms with Crippen LogP contribution in [0.3, 0.4) is 0 Å². The van der Waals surface area contributed by atoms with Gasteiger partial charge in [-0.05, 0) is 42.6 Å². The largest absolute Gasteiger partial charge is 0.511 e. The molecule has 0 saturated heterocycles. The number of phenolic OH excluding ortho intramolecular Hbond substituents is 1. The van der Waals surface area contributed by atoms with Crippen molar-refractivity contribution in [3.63, 3.8) is 0 Å². The molecule has 0 atom stereocenters. The summed E-state index contributed by atoms with van der Waals surface area (Å²) in [7, 11) is 0. The maximum Gasteiger partial charge on any atom is 0.268 e. The topological polar surface area (TPSA) is 68.4 Å². The number of aromatic hydroxyl groups is 1. The number of aliphatic imine (C=N–C) groups is 1. The molecule has 0 saturated carbocycles. The van der Waals surface area contributed by atoms with Gasteiger partial charge in [0.2, 0.25) is 0 Å². The van der Waals surface area contributed by atoms with Gasteiger partial charge in [-0.3, -0.25) is 4.57 Å². The molecule has 1 N–H and O–H groups in total. The molecule has 0 unspecified atom stereocenters. The molecule has 41 heavy (non-hydrogen) atoms. The molecule has 0 aliphatic rings. The monoisotopic (exact) mass is 712 g/mol. The summed E-state index contributed by atoms with van der Waals surface area (Å²) in [6.07, 6.45) is 6.57. The number of imidazole rings is 1. The third kappa shape index (κ3) is 5.54. The SMILES string of the molecule is Cc1ccccc1N([C-]=Nc1ccccc1)c1[c-]c(-n2[c-][n+](-c3ccccc3O)c3ccc(C#N)cc32)ccc1.[Pt]. The smallest absolute Gasteiger partial charge is 0.268 e. The van der Waals surface area contributed by atoms with Crippen molar-refractivity contribution in [3.05, 3.63) is 139 Å². The Morgan fingerprint density at radius 3 is 2.44 bits per heavy atom. The van der Waals surface area contributed by atoms with Crippen LogP contribution in [0.1, 0.15) is 11.1 Å². The van der Waals surface area contributed by atoms with E-state index in [0.717, 1.165) is 33.7 Å². The minimum absolute atomic E-state index is 0. The predicted octanol–water partition coefficient (Wildman–Crippen LogP) is 6.77. The van der Waals surface area contributed by atoms with E-state index in [9.17, 15) is 10.4 Å². The first-order valence-corrected chi connectivity index (χ1v) is 12.7. The number of hydrogen-bond acceptors (Lipinski definition) is 3. The Hall–Kier alpha value is -4.98. The third-order valence-electron chi connectivity index (χ3n) is 6.55. The molecular formula is C34H23N5OPt-2. The first kappa shape index (κ1) is 27.6. The molecule has 6 aromatic rings. The summed E-state index contributed by atoms with van der Waals surface area (Å²) in [5.74, 6) is 0.127. The van der Waals surface area contributed by atoms with Crippen LogP contribution in [0.2, 0.25) is 0 Å². The molecule has 7 heteroatoms. The summed E-state index contributed by atoms with van der Waals surface area (Å²) in [5.41, 5.74) is 6.84. The van der Waals surface area contributed by atoms with E-state index in [1.807, 2.05) is 113 Å². The van der Waals surface area contributed by atoms with E-state index in [-0.39, 0.29) is 26.8 Å². The predicted molar refractivity (Wildman–Crippen MR) is 156 cm³/mol.